The van der Waals surface area contributed by atoms with Crippen LogP contribution in [-0.4, -0.2) is 30.9 Å². The molecule has 3 nitrogen and oxygen atoms in total. The zero-order chi connectivity index (χ0) is 11.2. The van der Waals surface area contributed by atoms with Gasteiger partial charge in [-0.15, -0.1) is 0 Å². The van der Waals surface area contributed by atoms with E-state index in [1.54, 1.807) is 0 Å². The fourth-order valence-electron chi connectivity index (χ4n) is 2.05. The lowest BCUT2D eigenvalue weighted by atomic mass is 9.93. The number of para-hydroxylation sites is 1. The molecule has 1 aliphatic heterocycles. The third-order valence-corrected chi connectivity index (χ3v) is 3.07. The number of rotatable bonds is 4. The van der Waals surface area contributed by atoms with E-state index < -0.39 is 0 Å². The summed E-state index contributed by atoms with van der Waals surface area (Å²) < 4.78 is 5.62. The normalized spacial score (nSPS) is 25.3. The highest BCUT2D eigenvalue weighted by atomic mass is 16.5. The molecule has 0 saturated carbocycles. The largest absolute Gasteiger partial charge is 0.494 e. The van der Waals surface area contributed by atoms with E-state index in [4.69, 9.17) is 4.74 Å². The molecule has 0 aromatic heterocycles. The Labute approximate surface area is 96.4 Å². The lowest BCUT2D eigenvalue weighted by Crippen LogP contribution is -2.40. The van der Waals surface area contributed by atoms with Gasteiger partial charge in [-0.25, -0.2) is 0 Å². The number of aliphatic hydroxyl groups is 1. The molecule has 1 aliphatic rings. The van der Waals surface area contributed by atoms with E-state index >= 15 is 0 Å². The molecule has 1 heterocycles. The Hall–Kier alpha value is -1.06. The maximum absolute atomic E-state index is 9.77. The summed E-state index contributed by atoms with van der Waals surface area (Å²) in [7, 11) is 0. The van der Waals surface area contributed by atoms with Crippen molar-refractivity contribution in [3.05, 3.63) is 30.3 Å². The monoisotopic (exact) mass is 221 g/mol. The molecule has 0 amide bonds. The maximum Gasteiger partial charge on any atom is 0.119 e. The Morgan fingerprint density at radius 3 is 2.88 bits per heavy atom. The number of nitrogens with one attached hydrogen (secondary N) is 1. The van der Waals surface area contributed by atoms with Gasteiger partial charge in [0.2, 0.25) is 0 Å². The van der Waals surface area contributed by atoms with Crippen molar-refractivity contribution in [3.63, 3.8) is 0 Å². The van der Waals surface area contributed by atoms with Crippen LogP contribution in [0.4, 0.5) is 0 Å². The first kappa shape index (κ1) is 11.4. The third kappa shape index (κ3) is 3.22. The Morgan fingerprint density at radius 1 is 1.31 bits per heavy atom. The van der Waals surface area contributed by atoms with Crippen LogP contribution in [-0.2, 0) is 0 Å². The molecule has 2 unspecified atom stereocenters. The standard InChI is InChI=1S/C13H19NO2/c15-13-6-8-14-10-11(13)7-9-16-12-4-2-1-3-5-12/h1-5,11,13-15H,6-10H2. The summed E-state index contributed by atoms with van der Waals surface area (Å²) in [5.74, 6) is 1.23. The second-order valence-corrected chi connectivity index (χ2v) is 4.27. The van der Waals surface area contributed by atoms with Crippen LogP contribution in [0.2, 0.25) is 0 Å². The summed E-state index contributed by atoms with van der Waals surface area (Å²) in [5.41, 5.74) is 0. The highest BCUT2D eigenvalue weighted by Crippen LogP contribution is 2.16. The first-order valence-electron chi connectivity index (χ1n) is 5.93. The van der Waals surface area contributed by atoms with E-state index in [0.29, 0.717) is 12.5 Å². The fourth-order valence-corrected chi connectivity index (χ4v) is 2.05. The topological polar surface area (TPSA) is 41.5 Å². The van der Waals surface area contributed by atoms with Crippen LogP contribution < -0.4 is 10.1 Å². The number of piperidine rings is 1. The molecular weight excluding hydrogens is 202 g/mol. The number of hydrogen-bond donors (Lipinski definition) is 2. The van der Waals surface area contributed by atoms with E-state index in [2.05, 4.69) is 5.32 Å². The van der Waals surface area contributed by atoms with Gasteiger partial charge in [-0.05, 0) is 31.5 Å². The van der Waals surface area contributed by atoms with Crippen LogP contribution in [0.5, 0.6) is 5.75 Å². The molecule has 1 fully saturated rings. The van der Waals surface area contributed by atoms with Gasteiger partial charge >= 0.3 is 0 Å². The predicted molar refractivity (Wildman–Crippen MR) is 63.5 cm³/mol. The number of aliphatic hydroxyl groups excluding tert-OH is 1. The van der Waals surface area contributed by atoms with Crippen molar-refractivity contribution in [1.29, 1.82) is 0 Å². The van der Waals surface area contributed by atoms with Gasteiger partial charge in [-0.1, -0.05) is 18.2 Å². The molecule has 16 heavy (non-hydrogen) atoms. The smallest absolute Gasteiger partial charge is 0.119 e. The van der Waals surface area contributed by atoms with E-state index in [1.165, 1.54) is 0 Å². The van der Waals surface area contributed by atoms with Crippen molar-refractivity contribution < 1.29 is 9.84 Å². The fraction of sp³-hybridized carbons (Fsp3) is 0.538. The minimum atomic E-state index is -0.166. The van der Waals surface area contributed by atoms with Crippen LogP contribution in [0.3, 0.4) is 0 Å². The zero-order valence-corrected chi connectivity index (χ0v) is 9.43. The summed E-state index contributed by atoms with van der Waals surface area (Å²) in [6, 6.07) is 9.81. The summed E-state index contributed by atoms with van der Waals surface area (Å²) in [6.45, 7) is 2.50. The van der Waals surface area contributed by atoms with Crippen molar-refractivity contribution in [1.82, 2.24) is 5.32 Å². The minimum Gasteiger partial charge on any atom is -0.494 e. The van der Waals surface area contributed by atoms with Gasteiger partial charge in [0, 0.05) is 12.5 Å². The molecule has 2 atom stereocenters. The number of ether oxygens (including phenoxy) is 1. The summed E-state index contributed by atoms with van der Waals surface area (Å²) in [6.07, 6.45) is 1.60. The van der Waals surface area contributed by atoms with Gasteiger partial charge in [-0.3, -0.25) is 0 Å². The van der Waals surface area contributed by atoms with Crippen molar-refractivity contribution in [2.45, 2.75) is 18.9 Å². The molecule has 0 bridgehead atoms. The van der Waals surface area contributed by atoms with E-state index in [9.17, 15) is 5.11 Å². The molecule has 0 spiro atoms. The van der Waals surface area contributed by atoms with E-state index in [-0.39, 0.29) is 6.10 Å². The maximum atomic E-state index is 9.77. The molecule has 1 aromatic rings. The zero-order valence-electron chi connectivity index (χ0n) is 9.43. The van der Waals surface area contributed by atoms with Gasteiger partial charge < -0.3 is 15.2 Å². The predicted octanol–water partition coefficient (Wildman–Crippen LogP) is 1.43. The molecule has 1 aromatic carbocycles. The summed E-state index contributed by atoms with van der Waals surface area (Å²) in [5, 5.41) is 13.1. The van der Waals surface area contributed by atoms with E-state index in [0.717, 1.165) is 31.7 Å². The van der Waals surface area contributed by atoms with Gasteiger partial charge in [0.1, 0.15) is 5.75 Å². The Balaban J connectivity index is 1.71. The molecular formula is C13H19NO2. The average Bonchev–Trinajstić information content (AvgIpc) is 2.33. The second-order valence-electron chi connectivity index (χ2n) is 4.27. The first-order valence-corrected chi connectivity index (χ1v) is 5.93. The van der Waals surface area contributed by atoms with Crippen molar-refractivity contribution in [2.24, 2.45) is 5.92 Å². The lowest BCUT2D eigenvalue weighted by molar-refractivity contribution is 0.0662. The van der Waals surface area contributed by atoms with Gasteiger partial charge in [0.05, 0.1) is 12.7 Å². The Kier molecular flexibility index (Phi) is 4.19. The SMILES string of the molecule is OC1CCNCC1CCOc1ccccc1. The van der Waals surface area contributed by atoms with Gasteiger partial charge in [-0.2, -0.15) is 0 Å². The first-order chi connectivity index (χ1) is 7.86. The van der Waals surface area contributed by atoms with Gasteiger partial charge in [0.15, 0.2) is 0 Å². The quantitative estimate of drug-likeness (QED) is 0.808. The average molecular weight is 221 g/mol. The van der Waals surface area contributed by atoms with Gasteiger partial charge in [0.25, 0.3) is 0 Å². The summed E-state index contributed by atoms with van der Waals surface area (Å²) >= 11 is 0. The Bertz CT molecular complexity index is 302. The molecule has 2 N–H and O–H groups in total. The van der Waals surface area contributed by atoms with E-state index in [1.807, 2.05) is 30.3 Å². The third-order valence-electron chi connectivity index (χ3n) is 3.07. The van der Waals surface area contributed by atoms with Crippen molar-refractivity contribution >= 4 is 0 Å². The highest BCUT2D eigenvalue weighted by Gasteiger charge is 2.22. The van der Waals surface area contributed by atoms with Crippen LogP contribution in [0.25, 0.3) is 0 Å². The number of benzene rings is 1. The minimum absolute atomic E-state index is 0.166. The Morgan fingerprint density at radius 2 is 2.12 bits per heavy atom. The molecule has 1 saturated heterocycles. The summed E-state index contributed by atoms with van der Waals surface area (Å²) in [4.78, 5) is 0. The van der Waals surface area contributed by atoms with Crippen LogP contribution in [0.15, 0.2) is 30.3 Å². The van der Waals surface area contributed by atoms with Crippen LogP contribution >= 0.6 is 0 Å². The number of hydrogen-bond acceptors (Lipinski definition) is 3. The molecule has 0 radical (unpaired) electrons. The molecule has 0 aliphatic carbocycles. The second kappa shape index (κ2) is 5.87. The van der Waals surface area contributed by atoms with Crippen LogP contribution in [0.1, 0.15) is 12.8 Å². The van der Waals surface area contributed by atoms with Crippen molar-refractivity contribution in [3.8, 4) is 5.75 Å². The molecule has 88 valence electrons. The lowest BCUT2D eigenvalue weighted by Gasteiger charge is -2.28. The van der Waals surface area contributed by atoms with Crippen molar-refractivity contribution in [2.75, 3.05) is 19.7 Å². The molecule has 3 heteroatoms. The molecule has 2 rings (SSSR count). The van der Waals surface area contributed by atoms with Crippen LogP contribution in [0, 0.1) is 5.92 Å². The highest BCUT2D eigenvalue weighted by molar-refractivity contribution is 5.20.